The quantitative estimate of drug-likeness (QED) is 0.707. The third-order valence-electron chi connectivity index (χ3n) is 1.98. The van der Waals surface area contributed by atoms with Gasteiger partial charge in [-0.15, -0.1) is 0 Å². The molecule has 0 aliphatic rings. The first-order chi connectivity index (χ1) is 5.29. The third kappa shape index (κ3) is 2.85. The zero-order valence-electron chi connectivity index (χ0n) is 8.09. The summed E-state index contributed by atoms with van der Waals surface area (Å²) in [6.45, 7) is 4.17. The number of hydrogen-bond donors (Lipinski definition) is 1. The van der Waals surface area contributed by atoms with Crippen molar-refractivity contribution in [3.8, 4) is 5.75 Å². The van der Waals surface area contributed by atoms with Gasteiger partial charge in [-0.3, -0.25) is 0 Å². The van der Waals surface area contributed by atoms with Crippen molar-refractivity contribution in [3.05, 3.63) is 29.3 Å². The molecule has 12 heavy (non-hydrogen) atoms. The predicted octanol–water partition coefficient (Wildman–Crippen LogP) is 2.14. The summed E-state index contributed by atoms with van der Waals surface area (Å²) in [6, 6.07) is 5.71. The van der Waals surface area contributed by atoms with Gasteiger partial charge in [0.1, 0.15) is 5.75 Å². The van der Waals surface area contributed by atoms with E-state index in [4.69, 9.17) is 0 Å². The zero-order valence-corrected chi connectivity index (χ0v) is 11.2. The van der Waals surface area contributed by atoms with Crippen LogP contribution in [0.2, 0.25) is 0 Å². The van der Waals surface area contributed by atoms with Crippen molar-refractivity contribution in [2.45, 2.75) is 26.7 Å². The van der Waals surface area contributed by atoms with Crippen molar-refractivity contribution in [3.63, 3.8) is 0 Å². The Morgan fingerprint density at radius 3 is 2.25 bits per heavy atom. The molecule has 0 amide bonds. The molecular weight excluding hydrogens is 175 g/mol. The Morgan fingerprint density at radius 2 is 1.83 bits per heavy atom. The van der Waals surface area contributed by atoms with E-state index in [0.717, 1.165) is 18.4 Å². The van der Waals surface area contributed by atoms with Gasteiger partial charge in [0.2, 0.25) is 0 Å². The fourth-order valence-corrected chi connectivity index (χ4v) is 1.36. The Hall–Kier alpha value is 0.656. The van der Waals surface area contributed by atoms with Gasteiger partial charge in [-0.25, -0.2) is 0 Å². The normalized spacial score (nSPS) is 9.17. The number of aryl methyl sites for hydroxylation is 1. The number of aromatic hydroxyl groups is 1. The van der Waals surface area contributed by atoms with E-state index in [1.54, 1.807) is 6.07 Å². The molecule has 2 heteroatoms. The van der Waals surface area contributed by atoms with E-state index in [1.807, 2.05) is 6.07 Å². The van der Waals surface area contributed by atoms with Gasteiger partial charge < -0.3 is 5.11 Å². The number of phenolic OH excluding ortho intramolecular Hbond substituents is 1. The first-order valence-corrected chi connectivity index (χ1v) is 4.09. The topological polar surface area (TPSA) is 20.2 Å². The molecule has 0 unspecified atom stereocenters. The van der Waals surface area contributed by atoms with Crippen molar-refractivity contribution in [2.24, 2.45) is 0 Å². The third-order valence-corrected chi connectivity index (χ3v) is 1.98. The molecule has 0 heterocycles. The van der Waals surface area contributed by atoms with Gasteiger partial charge in [0.05, 0.1) is 0 Å². The molecule has 0 saturated carbocycles. The maximum Gasteiger partial charge on any atom is 0.119 e. The maximum absolute atomic E-state index is 9.42. The molecule has 0 aromatic heterocycles. The average molecular weight is 189 g/mol. The molecular formula is C10H14KO. The van der Waals surface area contributed by atoms with Crippen molar-refractivity contribution in [2.75, 3.05) is 0 Å². The molecule has 0 aliphatic heterocycles. The van der Waals surface area contributed by atoms with Gasteiger partial charge in [-0.05, 0) is 30.0 Å². The number of phenols is 1. The minimum atomic E-state index is 0. The van der Waals surface area contributed by atoms with Gasteiger partial charge >= 0.3 is 0 Å². The molecule has 61 valence electrons. The second-order valence-corrected chi connectivity index (χ2v) is 2.62. The fourth-order valence-electron chi connectivity index (χ4n) is 1.36. The molecule has 0 saturated heterocycles. The zero-order chi connectivity index (χ0) is 8.27. The Balaban J connectivity index is 0.00000121. The fraction of sp³-hybridized carbons (Fsp3) is 0.400. The number of rotatable bonds is 2. The Bertz CT molecular complexity index is 246. The van der Waals surface area contributed by atoms with E-state index >= 15 is 0 Å². The Labute approximate surface area is 117 Å². The molecule has 1 rings (SSSR count). The van der Waals surface area contributed by atoms with Crippen LogP contribution in [0.5, 0.6) is 5.75 Å². The molecule has 1 nitrogen and oxygen atoms in total. The Kier molecular flexibility index (Phi) is 6.50. The summed E-state index contributed by atoms with van der Waals surface area (Å²) in [5, 5.41) is 9.42. The maximum atomic E-state index is 9.42. The first-order valence-electron chi connectivity index (χ1n) is 4.09. The van der Waals surface area contributed by atoms with Crippen LogP contribution in [-0.4, -0.2) is 56.5 Å². The van der Waals surface area contributed by atoms with Crippen LogP contribution in [0.15, 0.2) is 18.2 Å². The van der Waals surface area contributed by atoms with Gasteiger partial charge in [-0.1, -0.05) is 26.0 Å². The van der Waals surface area contributed by atoms with Crippen molar-refractivity contribution < 1.29 is 5.11 Å². The summed E-state index contributed by atoms with van der Waals surface area (Å²) in [5.41, 5.74) is 2.35. The minimum Gasteiger partial charge on any atom is -0.508 e. The average Bonchev–Trinajstić information content (AvgIpc) is 2.04. The van der Waals surface area contributed by atoms with E-state index in [0.29, 0.717) is 5.75 Å². The van der Waals surface area contributed by atoms with Crippen LogP contribution in [0.25, 0.3) is 0 Å². The van der Waals surface area contributed by atoms with Crippen LogP contribution in [0.4, 0.5) is 0 Å². The largest absolute Gasteiger partial charge is 0.508 e. The summed E-state index contributed by atoms with van der Waals surface area (Å²) in [6.07, 6.45) is 1.91. The van der Waals surface area contributed by atoms with Crippen LogP contribution >= 0.6 is 0 Å². The SMILES string of the molecule is CCc1cccc(O)c1CC.[K]. The molecule has 0 aliphatic carbocycles. The molecule has 1 N–H and O–H groups in total. The van der Waals surface area contributed by atoms with E-state index < -0.39 is 0 Å². The summed E-state index contributed by atoms with van der Waals surface area (Å²) >= 11 is 0. The summed E-state index contributed by atoms with van der Waals surface area (Å²) < 4.78 is 0. The molecule has 1 aromatic rings. The summed E-state index contributed by atoms with van der Waals surface area (Å²) in [7, 11) is 0. The minimum absolute atomic E-state index is 0. The van der Waals surface area contributed by atoms with Crippen LogP contribution < -0.4 is 0 Å². The second-order valence-electron chi connectivity index (χ2n) is 2.62. The molecule has 1 radical (unpaired) electrons. The number of hydrogen-bond acceptors (Lipinski definition) is 1. The second kappa shape index (κ2) is 6.16. The van der Waals surface area contributed by atoms with Crippen LogP contribution in [-0.2, 0) is 12.8 Å². The van der Waals surface area contributed by atoms with E-state index in [2.05, 4.69) is 19.9 Å². The van der Waals surface area contributed by atoms with Crippen molar-refractivity contribution in [1.82, 2.24) is 0 Å². The van der Waals surface area contributed by atoms with Gasteiger partial charge in [0, 0.05) is 51.4 Å². The van der Waals surface area contributed by atoms with Crippen LogP contribution in [0, 0.1) is 0 Å². The Morgan fingerprint density at radius 1 is 1.17 bits per heavy atom. The molecule has 0 atom stereocenters. The molecule has 0 spiro atoms. The van der Waals surface area contributed by atoms with Crippen molar-refractivity contribution >= 4 is 51.4 Å². The first kappa shape index (κ1) is 12.7. The van der Waals surface area contributed by atoms with Crippen LogP contribution in [0.1, 0.15) is 25.0 Å². The van der Waals surface area contributed by atoms with E-state index in [9.17, 15) is 5.11 Å². The summed E-state index contributed by atoms with van der Waals surface area (Å²) in [4.78, 5) is 0. The molecule has 0 fully saturated rings. The number of benzene rings is 1. The van der Waals surface area contributed by atoms with Gasteiger partial charge in [0.15, 0.2) is 0 Å². The smallest absolute Gasteiger partial charge is 0.119 e. The van der Waals surface area contributed by atoms with Crippen molar-refractivity contribution in [1.29, 1.82) is 0 Å². The van der Waals surface area contributed by atoms with E-state index in [1.165, 1.54) is 5.56 Å². The monoisotopic (exact) mass is 189 g/mol. The summed E-state index contributed by atoms with van der Waals surface area (Å²) in [5.74, 6) is 0.437. The van der Waals surface area contributed by atoms with E-state index in [-0.39, 0.29) is 51.4 Å². The predicted molar refractivity (Wildman–Crippen MR) is 52.6 cm³/mol. The van der Waals surface area contributed by atoms with Gasteiger partial charge in [0.25, 0.3) is 0 Å². The van der Waals surface area contributed by atoms with Crippen LogP contribution in [0.3, 0.4) is 0 Å². The molecule has 1 aromatic carbocycles. The van der Waals surface area contributed by atoms with Gasteiger partial charge in [-0.2, -0.15) is 0 Å². The standard InChI is InChI=1S/C10H14O.K/c1-3-8-6-5-7-10(11)9(8)4-2;/h5-7,11H,3-4H2,1-2H3;. The molecule has 0 bridgehead atoms.